The van der Waals surface area contributed by atoms with Crippen molar-refractivity contribution in [1.82, 2.24) is 15.1 Å². The summed E-state index contributed by atoms with van der Waals surface area (Å²) in [6.07, 6.45) is 3.55. The molecule has 0 saturated carbocycles. The minimum Gasteiger partial charge on any atom is -0.365 e. The van der Waals surface area contributed by atoms with E-state index in [9.17, 15) is 9.18 Å². The molecule has 6 heteroatoms. The van der Waals surface area contributed by atoms with Gasteiger partial charge in [-0.25, -0.2) is 9.07 Å². The number of para-hydroxylation sites is 2. The Morgan fingerprint density at radius 3 is 2.68 bits per heavy atom. The monoisotopic (exact) mass is 336 g/mol. The Balaban J connectivity index is 1.62. The first-order valence-corrected chi connectivity index (χ1v) is 8.13. The highest BCUT2D eigenvalue weighted by molar-refractivity contribution is 6.00. The van der Waals surface area contributed by atoms with Gasteiger partial charge in [-0.3, -0.25) is 4.79 Å². The summed E-state index contributed by atoms with van der Waals surface area (Å²) in [7, 11) is 0. The Morgan fingerprint density at radius 2 is 1.84 bits per heavy atom. The van der Waals surface area contributed by atoms with Crippen LogP contribution in [0.25, 0.3) is 5.69 Å². The van der Waals surface area contributed by atoms with Crippen LogP contribution in [0.1, 0.15) is 15.9 Å². The van der Waals surface area contributed by atoms with Crippen molar-refractivity contribution in [3.05, 3.63) is 77.9 Å². The Labute approximate surface area is 144 Å². The van der Waals surface area contributed by atoms with Crippen molar-refractivity contribution in [2.45, 2.75) is 6.54 Å². The van der Waals surface area contributed by atoms with Gasteiger partial charge < -0.3 is 10.2 Å². The summed E-state index contributed by atoms with van der Waals surface area (Å²) in [5, 5.41) is 7.18. The third kappa shape index (κ3) is 2.98. The summed E-state index contributed by atoms with van der Waals surface area (Å²) in [5.74, 6) is -0.368. The second-order valence-electron chi connectivity index (χ2n) is 5.94. The number of anilines is 1. The first kappa shape index (κ1) is 15.4. The molecule has 1 amide bonds. The van der Waals surface area contributed by atoms with Crippen LogP contribution in [-0.2, 0) is 6.54 Å². The van der Waals surface area contributed by atoms with Crippen LogP contribution in [0.4, 0.5) is 10.1 Å². The van der Waals surface area contributed by atoms with Crippen LogP contribution in [0, 0.1) is 5.82 Å². The van der Waals surface area contributed by atoms with Gasteiger partial charge in [-0.2, -0.15) is 5.10 Å². The number of hydrogen-bond donors (Lipinski definition) is 1. The molecule has 1 N–H and O–H groups in total. The van der Waals surface area contributed by atoms with E-state index in [0.717, 1.165) is 11.3 Å². The number of fused-ring (bicyclic) bond motifs is 1. The zero-order valence-electron chi connectivity index (χ0n) is 13.5. The Bertz CT molecular complexity index is 921. The van der Waals surface area contributed by atoms with Crippen molar-refractivity contribution in [2.75, 3.05) is 18.0 Å². The maximum absolute atomic E-state index is 13.9. The van der Waals surface area contributed by atoms with Crippen molar-refractivity contribution in [3.63, 3.8) is 0 Å². The molecule has 0 saturated heterocycles. The molecule has 0 unspecified atom stereocenters. The Hall–Kier alpha value is -3.15. The van der Waals surface area contributed by atoms with Gasteiger partial charge in [-0.15, -0.1) is 0 Å². The molecular formula is C19H17FN4O. The number of amides is 1. The molecule has 3 aromatic rings. The zero-order chi connectivity index (χ0) is 17.2. The lowest BCUT2D eigenvalue weighted by molar-refractivity contribution is 0.0958. The van der Waals surface area contributed by atoms with E-state index >= 15 is 0 Å². The molecular weight excluding hydrogens is 319 g/mol. The minimum absolute atomic E-state index is 0.0554. The second-order valence-corrected chi connectivity index (χ2v) is 5.94. The molecule has 5 nitrogen and oxygen atoms in total. The number of carbonyl (C=O) groups is 1. The van der Waals surface area contributed by atoms with Crippen LogP contribution in [0.2, 0.25) is 0 Å². The fraction of sp³-hybridized carbons (Fsp3) is 0.158. The van der Waals surface area contributed by atoms with Gasteiger partial charge in [0, 0.05) is 37.1 Å². The van der Waals surface area contributed by atoms with Gasteiger partial charge >= 0.3 is 0 Å². The maximum atomic E-state index is 13.9. The molecule has 25 heavy (non-hydrogen) atoms. The lowest BCUT2D eigenvalue weighted by atomic mass is 10.1. The van der Waals surface area contributed by atoms with Crippen LogP contribution >= 0.6 is 0 Å². The topological polar surface area (TPSA) is 50.2 Å². The third-order valence-electron chi connectivity index (χ3n) is 4.27. The largest absolute Gasteiger partial charge is 0.365 e. The molecule has 2 aromatic carbocycles. The lowest BCUT2D eigenvalue weighted by Gasteiger charge is -2.23. The number of halogens is 1. The molecule has 1 aliphatic rings. The average molecular weight is 336 g/mol. The molecule has 0 aliphatic carbocycles. The molecule has 1 aromatic heterocycles. The van der Waals surface area contributed by atoms with Crippen molar-refractivity contribution >= 4 is 11.6 Å². The highest BCUT2D eigenvalue weighted by Crippen LogP contribution is 2.24. The van der Waals surface area contributed by atoms with E-state index in [1.54, 1.807) is 24.4 Å². The third-order valence-corrected chi connectivity index (χ3v) is 4.27. The Kier molecular flexibility index (Phi) is 3.93. The summed E-state index contributed by atoms with van der Waals surface area (Å²) in [6.45, 7) is 1.88. The molecule has 0 radical (unpaired) electrons. The van der Waals surface area contributed by atoms with Gasteiger partial charge in [0.05, 0.1) is 11.8 Å². The van der Waals surface area contributed by atoms with E-state index in [-0.39, 0.29) is 11.7 Å². The van der Waals surface area contributed by atoms with Gasteiger partial charge in [0.25, 0.3) is 5.91 Å². The molecule has 126 valence electrons. The van der Waals surface area contributed by atoms with Gasteiger partial charge in [0.1, 0.15) is 11.5 Å². The van der Waals surface area contributed by atoms with E-state index < -0.39 is 0 Å². The summed E-state index contributed by atoms with van der Waals surface area (Å²) in [6, 6.07) is 14.1. The predicted molar refractivity (Wildman–Crippen MR) is 93.3 cm³/mol. The van der Waals surface area contributed by atoms with Crippen LogP contribution in [0.15, 0.2) is 60.9 Å². The van der Waals surface area contributed by atoms with Gasteiger partial charge in [-0.05, 0) is 24.3 Å². The first-order valence-electron chi connectivity index (χ1n) is 8.13. The van der Waals surface area contributed by atoms with Crippen molar-refractivity contribution in [2.24, 2.45) is 0 Å². The van der Waals surface area contributed by atoms with Gasteiger partial charge in [0.2, 0.25) is 0 Å². The van der Waals surface area contributed by atoms with Crippen molar-refractivity contribution in [3.8, 4) is 5.69 Å². The number of aromatic nitrogens is 2. The van der Waals surface area contributed by atoms with Crippen molar-refractivity contribution in [1.29, 1.82) is 0 Å². The molecule has 0 bridgehead atoms. The van der Waals surface area contributed by atoms with E-state index in [4.69, 9.17) is 0 Å². The van der Waals surface area contributed by atoms with Gasteiger partial charge in [-0.1, -0.05) is 24.3 Å². The number of hydrogen-bond acceptors (Lipinski definition) is 3. The van der Waals surface area contributed by atoms with Crippen molar-refractivity contribution < 1.29 is 9.18 Å². The fourth-order valence-corrected chi connectivity index (χ4v) is 3.06. The maximum Gasteiger partial charge on any atom is 0.253 e. The SMILES string of the molecule is O=C1NCCN(Cc2cnn(-c3ccccc3F)c2)c2ccccc21. The average Bonchev–Trinajstić information content (AvgIpc) is 3.03. The summed E-state index contributed by atoms with van der Waals surface area (Å²) in [5.41, 5.74) is 2.94. The molecule has 0 atom stereocenters. The quantitative estimate of drug-likeness (QED) is 0.800. The highest BCUT2D eigenvalue weighted by atomic mass is 19.1. The second kappa shape index (κ2) is 6.39. The fourth-order valence-electron chi connectivity index (χ4n) is 3.06. The lowest BCUT2D eigenvalue weighted by Crippen LogP contribution is -2.29. The molecule has 1 aliphatic heterocycles. The predicted octanol–water partition coefficient (Wildman–Crippen LogP) is 2.76. The number of rotatable bonds is 3. The minimum atomic E-state index is -0.313. The van der Waals surface area contributed by atoms with Gasteiger partial charge in [0.15, 0.2) is 0 Å². The number of benzene rings is 2. The number of carbonyl (C=O) groups excluding carboxylic acids is 1. The smallest absolute Gasteiger partial charge is 0.253 e. The van der Waals surface area contributed by atoms with E-state index in [1.807, 2.05) is 30.5 Å². The van der Waals surface area contributed by atoms with Crippen LogP contribution in [0.3, 0.4) is 0 Å². The normalized spacial score (nSPS) is 14.0. The van der Waals surface area contributed by atoms with E-state index in [2.05, 4.69) is 15.3 Å². The molecule has 0 fully saturated rings. The zero-order valence-corrected chi connectivity index (χ0v) is 13.5. The summed E-state index contributed by atoms with van der Waals surface area (Å²) in [4.78, 5) is 14.3. The Morgan fingerprint density at radius 1 is 1.08 bits per heavy atom. The first-order chi connectivity index (χ1) is 12.2. The van der Waals surface area contributed by atoms with Crippen LogP contribution in [0.5, 0.6) is 0 Å². The molecule has 0 spiro atoms. The van der Waals surface area contributed by atoms with Crippen LogP contribution in [-0.4, -0.2) is 28.8 Å². The number of nitrogens with one attached hydrogen (secondary N) is 1. The molecule has 2 heterocycles. The number of nitrogens with zero attached hydrogens (tertiary/aromatic N) is 3. The van der Waals surface area contributed by atoms with Crippen LogP contribution < -0.4 is 10.2 Å². The molecule has 4 rings (SSSR count). The van der Waals surface area contributed by atoms with E-state index in [0.29, 0.717) is 30.9 Å². The van der Waals surface area contributed by atoms with E-state index in [1.165, 1.54) is 10.7 Å². The summed E-state index contributed by atoms with van der Waals surface area (Å²) < 4.78 is 15.5. The standard InChI is InChI=1S/C19H17FN4O/c20-16-6-2-4-8-18(16)24-13-14(11-22-24)12-23-10-9-21-19(25)15-5-1-3-7-17(15)23/h1-8,11,13H,9-10,12H2,(H,21,25). The summed E-state index contributed by atoms with van der Waals surface area (Å²) >= 11 is 0. The highest BCUT2D eigenvalue weighted by Gasteiger charge is 2.20.